The molecule has 1 saturated heterocycles. The molecule has 0 aliphatic carbocycles. The van der Waals surface area contributed by atoms with Crippen molar-refractivity contribution in [2.45, 2.75) is 33.2 Å². The van der Waals surface area contributed by atoms with E-state index >= 15 is 0 Å². The predicted octanol–water partition coefficient (Wildman–Crippen LogP) is 5.84. The summed E-state index contributed by atoms with van der Waals surface area (Å²) in [4.78, 5) is 33.7. The van der Waals surface area contributed by atoms with E-state index in [2.05, 4.69) is 21.3 Å². The van der Waals surface area contributed by atoms with Crippen molar-refractivity contribution in [2.75, 3.05) is 38.6 Å². The van der Waals surface area contributed by atoms with E-state index in [1.165, 1.54) is 12.7 Å². The summed E-state index contributed by atoms with van der Waals surface area (Å²) in [7, 11) is 1.36. The van der Waals surface area contributed by atoms with Crippen LogP contribution in [-0.4, -0.2) is 60.1 Å². The minimum Gasteiger partial charge on any atom is -0.453 e. The molecule has 1 aliphatic heterocycles. The number of amides is 2. The predicted molar refractivity (Wildman–Crippen MR) is 151 cm³/mol. The van der Waals surface area contributed by atoms with Gasteiger partial charge in [0.25, 0.3) is 5.91 Å². The second kappa shape index (κ2) is 13.0. The van der Waals surface area contributed by atoms with Crippen molar-refractivity contribution >= 4 is 23.3 Å². The third-order valence-corrected chi connectivity index (χ3v) is 7.01. The maximum atomic E-state index is 12.9. The second-order valence-electron chi connectivity index (χ2n) is 9.29. The lowest BCUT2D eigenvalue weighted by molar-refractivity contribution is 0.0773. The number of nitrogens with zero attached hydrogens (tertiary/aromatic N) is 3. The molecule has 0 unspecified atom stereocenters. The SMILES string of the molecule is CCN(CC)C(=O)c1ccc(C(=C2CCN(Cc3ccccn3)CC2)c2ccccc2NC(=O)OC)cc1. The Kier molecular flexibility index (Phi) is 9.27. The van der Waals surface area contributed by atoms with Crippen LogP contribution in [0.3, 0.4) is 0 Å². The average Bonchev–Trinajstić information content (AvgIpc) is 2.96. The van der Waals surface area contributed by atoms with E-state index < -0.39 is 6.09 Å². The largest absolute Gasteiger partial charge is 0.453 e. The van der Waals surface area contributed by atoms with Gasteiger partial charge in [0.05, 0.1) is 18.5 Å². The van der Waals surface area contributed by atoms with Crippen molar-refractivity contribution in [3.05, 3.63) is 101 Å². The lowest BCUT2D eigenvalue weighted by Gasteiger charge is -2.30. The third-order valence-electron chi connectivity index (χ3n) is 7.01. The summed E-state index contributed by atoms with van der Waals surface area (Å²) in [6.07, 6.45) is 3.12. The van der Waals surface area contributed by atoms with Crippen LogP contribution in [0.25, 0.3) is 5.57 Å². The number of carbonyl (C=O) groups is 2. The summed E-state index contributed by atoms with van der Waals surface area (Å²) in [5.74, 6) is 0.0336. The van der Waals surface area contributed by atoms with Crippen molar-refractivity contribution in [3.63, 3.8) is 0 Å². The number of hydrogen-bond acceptors (Lipinski definition) is 5. The first-order valence-electron chi connectivity index (χ1n) is 13.2. The molecule has 198 valence electrons. The molecule has 2 heterocycles. The minimum absolute atomic E-state index is 0.0336. The van der Waals surface area contributed by atoms with Crippen LogP contribution >= 0.6 is 0 Å². The van der Waals surface area contributed by atoms with E-state index in [1.807, 2.05) is 85.6 Å². The summed E-state index contributed by atoms with van der Waals surface area (Å²) in [6, 6.07) is 21.7. The Labute approximate surface area is 225 Å². The van der Waals surface area contributed by atoms with E-state index in [0.29, 0.717) is 24.3 Å². The first kappa shape index (κ1) is 27.1. The Bertz CT molecular complexity index is 1260. The van der Waals surface area contributed by atoms with Crippen LogP contribution in [0.5, 0.6) is 0 Å². The summed E-state index contributed by atoms with van der Waals surface area (Å²) >= 11 is 0. The summed E-state index contributed by atoms with van der Waals surface area (Å²) in [6.45, 7) is 7.99. The van der Waals surface area contributed by atoms with E-state index in [0.717, 1.165) is 54.9 Å². The Morgan fingerprint density at radius 3 is 2.21 bits per heavy atom. The molecule has 1 aromatic heterocycles. The molecule has 2 aromatic carbocycles. The highest BCUT2D eigenvalue weighted by atomic mass is 16.5. The normalized spacial score (nSPS) is 13.6. The highest BCUT2D eigenvalue weighted by Crippen LogP contribution is 2.36. The van der Waals surface area contributed by atoms with Crippen LogP contribution in [0.15, 0.2) is 78.5 Å². The minimum atomic E-state index is -0.507. The molecule has 0 spiro atoms. The Morgan fingerprint density at radius 1 is 0.921 bits per heavy atom. The number of likely N-dealkylation sites (tertiary alicyclic amines) is 1. The van der Waals surface area contributed by atoms with Gasteiger partial charge in [0.1, 0.15) is 0 Å². The maximum Gasteiger partial charge on any atom is 0.411 e. The number of rotatable bonds is 8. The summed E-state index contributed by atoms with van der Waals surface area (Å²) in [5, 5.41) is 2.88. The van der Waals surface area contributed by atoms with Gasteiger partial charge in [-0.05, 0) is 68.2 Å². The number of para-hydroxylation sites is 1. The van der Waals surface area contributed by atoms with Gasteiger partial charge in [0.15, 0.2) is 0 Å². The number of ether oxygens (including phenoxy) is 1. The second-order valence-corrected chi connectivity index (χ2v) is 9.29. The van der Waals surface area contributed by atoms with Gasteiger partial charge >= 0.3 is 6.09 Å². The zero-order chi connectivity index (χ0) is 26.9. The number of anilines is 1. The number of nitrogens with one attached hydrogen (secondary N) is 1. The highest BCUT2D eigenvalue weighted by molar-refractivity contribution is 5.96. The molecule has 3 aromatic rings. The monoisotopic (exact) mass is 512 g/mol. The Hall–Kier alpha value is -3.97. The molecule has 1 fully saturated rings. The van der Waals surface area contributed by atoms with Gasteiger partial charge < -0.3 is 9.64 Å². The average molecular weight is 513 g/mol. The highest BCUT2D eigenvalue weighted by Gasteiger charge is 2.22. The molecular weight excluding hydrogens is 476 g/mol. The Balaban J connectivity index is 1.68. The van der Waals surface area contributed by atoms with Crippen LogP contribution in [0.2, 0.25) is 0 Å². The zero-order valence-electron chi connectivity index (χ0n) is 22.4. The molecule has 2 amide bonds. The summed E-state index contributed by atoms with van der Waals surface area (Å²) in [5.41, 5.74) is 6.82. The molecule has 4 rings (SSSR count). The van der Waals surface area contributed by atoms with Crippen LogP contribution in [0, 0.1) is 0 Å². The van der Waals surface area contributed by atoms with Gasteiger partial charge in [-0.2, -0.15) is 0 Å². The van der Waals surface area contributed by atoms with Gasteiger partial charge in [0, 0.05) is 50.0 Å². The van der Waals surface area contributed by atoms with Crippen LogP contribution in [0.4, 0.5) is 10.5 Å². The fourth-order valence-electron chi connectivity index (χ4n) is 4.95. The maximum absolute atomic E-state index is 12.9. The molecule has 0 radical (unpaired) electrons. The van der Waals surface area contributed by atoms with E-state index in [1.54, 1.807) is 0 Å². The van der Waals surface area contributed by atoms with E-state index in [4.69, 9.17) is 4.74 Å². The fourth-order valence-corrected chi connectivity index (χ4v) is 4.95. The number of benzene rings is 2. The number of piperidine rings is 1. The van der Waals surface area contributed by atoms with Crippen molar-refractivity contribution in [1.29, 1.82) is 0 Å². The number of carbonyl (C=O) groups excluding carboxylic acids is 2. The van der Waals surface area contributed by atoms with Crippen LogP contribution in [0.1, 0.15) is 53.9 Å². The van der Waals surface area contributed by atoms with Gasteiger partial charge in [-0.3, -0.25) is 20.0 Å². The third kappa shape index (κ3) is 6.47. The van der Waals surface area contributed by atoms with Gasteiger partial charge in [-0.1, -0.05) is 42.0 Å². The van der Waals surface area contributed by atoms with E-state index in [-0.39, 0.29) is 5.91 Å². The van der Waals surface area contributed by atoms with Gasteiger partial charge in [-0.25, -0.2) is 4.79 Å². The van der Waals surface area contributed by atoms with Crippen LogP contribution in [-0.2, 0) is 11.3 Å². The van der Waals surface area contributed by atoms with E-state index in [9.17, 15) is 9.59 Å². The smallest absolute Gasteiger partial charge is 0.411 e. The molecule has 38 heavy (non-hydrogen) atoms. The molecule has 1 aliphatic rings. The number of hydrogen-bond donors (Lipinski definition) is 1. The molecule has 1 N–H and O–H groups in total. The van der Waals surface area contributed by atoms with Crippen molar-refractivity contribution < 1.29 is 14.3 Å². The standard InChI is InChI=1S/C31H36N4O3/c1-4-35(5-2)30(36)25-15-13-23(14-16-25)29(27-11-6-7-12-28(27)33-31(37)38-3)24-17-20-34(21-18-24)22-26-10-8-9-19-32-26/h6-16,19H,4-5,17-18,20-22H2,1-3H3,(H,33,37). The first-order valence-corrected chi connectivity index (χ1v) is 13.2. The van der Waals surface area contributed by atoms with Crippen molar-refractivity contribution in [3.8, 4) is 0 Å². The quantitative estimate of drug-likeness (QED) is 0.410. The zero-order valence-corrected chi connectivity index (χ0v) is 22.4. The first-order chi connectivity index (χ1) is 18.5. The lowest BCUT2D eigenvalue weighted by Crippen LogP contribution is -2.31. The number of methoxy groups -OCH3 is 1. The van der Waals surface area contributed by atoms with Gasteiger partial charge in [0.2, 0.25) is 0 Å². The number of aromatic nitrogens is 1. The molecule has 0 bridgehead atoms. The molecule has 0 saturated carbocycles. The topological polar surface area (TPSA) is 74.8 Å². The molecule has 7 heteroatoms. The van der Waals surface area contributed by atoms with Gasteiger partial charge in [-0.15, -0.1) is 0 Å². The molecular formula is C31H36N4O3. The van der Waals surface area contributed by atoms with Crippen molar-refractivity contribution in [2.24, 2.45) is 0 Å². The summed E-state index contributed by atoms with van der Waals surface area (Å²) < 4.78 is 4.88. The Morgan fingerprint density at radius 2 is 1.58 bits per heavy atom. The van der Waals surface area contributed by atoms with Crippen molar-refractivity contribution in [1.82, 2.24) is 14.8 Å². The molecule has 7 nitrogen and oxygen atoms in total. The fraction of sp³-hybridized carbons (Fsp3) is 0.323. The number of pyridine rings is 1. The molecule has 0 atom stereocenters. The lowest BCUT2D eigenvalue weighted by atomic mass is 9.87. The van der Waals surface area contributed by atoms with Crippen LogP contribution < -0.4 is 5.32 Å².